The molecule has 0 radical (unpaired) electrons. The van der Waals surface area contributed by atoms with Crippen LogP contribution in [0, 0.1) is 0 Å². The van der Waals surface area contributed by atoms with E-state index in [4.69, 9.17) is 9.84 Å². The van der Waals surface area contributed by atoms with E-state index in [1.807, 2.05) is 4.90 Å². The first kappa shape index (κ1) is 14.8. The molecular formula is C14H16BrNO4. The van der Waals surface area contributed by atoms with Crippen molar-refractivity contribution < 1.29 is 19.4 Å². The molecule has 1 heterocycles. The van der Waals surface area contributed by atoms with Crippen LogP contribution in [0.25, 0.3) is 0 Å². The first-order valence-electron chi connectivity index (χ1n) is 6.51. The van der Waals surface area contributed by atoms with Crippen LogP contribution in [0.1, 0.15) is 29.6 Å². The molecule has 1 aromatic rings. The lowest BCUT2D eigenvalue weighted by Crippen LogP contribution is -2.38. The maximum atomic E-state index is 11.9. The van der Waals surface area contributed by atoms with Gasteiger partial charge in [0.05, 0.1) is 10.0 Å². The zero-order chi connectivity index (χ0) is 14.5. The van der Waals surface area contributed by atoms with E-state index >= 15 is 0 Å². The van der Waals surface area contributed by atoms with Gasteiger partial charge in [-0.2, -0.15) is 0 Å². The third-order valence-corrected chi connectivity index (χ3v) is 3.86. The van der Waals surface area contributed by atoms with Gasteiger partial charge in [0.25, 0.3) is 5.91 Å². The Morgan fingerprint density at radius 2 is 1.95 bits per heavy atom. The van der Waals surface area contributed by atoms with Crippen molar-refractivity contribution in [2.24, 2.45) is 0 Å². The molecule has 6 heteroatoms. The van der Waals surface area contributed by atoms with E-state index in [9.17, 15) is 9.59 Å². The number of hydrogen-bond acceptors (Lipinski definition) is 3. The Kier molecular flexibility index (Phi) is 5.00. The summed E-state index contributed by atoms with van der Waals surface area (Å²) in [6, 6.07) is 4.47. The largest absolute Gasteiger partial charge is 0.483 e. The van der Waals surface area contributed by atoms with Gasteiger partial charge >= 0.3 is 5.97 Å². The Labute approximate surface area is 125 Å². The molecule has 108 valence electrons. The number of carbonyl (C=O) groups is 2. The summed E-state index contributed by atoms with van der Waals surface area (Å²) >= 11 is 3.25. The van der Waals surface area contributed by atoms with Crippen molar-refractivity contribution in [2.75, 3.05) is 19.7 Å². The molecule has 0 aliphatic carbocycles. The normalized spacial score (nSPS) is 14.9. The summed E-state index contributed by atoms with van der Waals surface area (Å²) in [5.74, 6) is -0.555. The van der Waals surface area contributed by atoms with Crippen molar-refractivity contribution in [2.45, 2.75) is 19.3 Å². The number of carbonyl (C=O) groups excluding carboxylic acids is 1. The molecular weight excluding hydrogens is 326 g/mol. The average molecular weight is 342 g/mol. The number of rotatable bonds is 4. The standard InChI is InChI=1S/C14H16BrNO4/c15-11-8-10(14(18)19)4-5-12(11)20-9-13(17)16-6-2-1-3-7-16/h4-5,8H,1-3,6-7,9H2,(H,18,19). The van der Waals surface area contributed by atoms with Crippen LogP contribution in [0.2, 0.25) is 0 Å². The van der Waals surface area contributed by atoms with Crippen LogP contribution in [0.15, 0.2) is 22.7 Å². The molecule has 1 amide bonds. The summed E-state index contributed by atoms with van der Waals surface area (Å²) in [5, 5.41) is 8.87. The zero-order valence-electron chi connectivity index (χ0n) is 11.0. The monoisotopic (exact) mass is 341 g/mol. The minimum atomic E-state index is -0.998. The van der Waals surface area contributed by atoms with Crippen LogP contribution in [0.3, 0.4) is 0 Å². The fourth-order valence-corrected chi connectivity index (χ4v) is 2.62. The number of hydrogen-bond donors (Lipinski definition) is 1. The second-order valence-corrected chi connectivity index (χ2v) is 5.53. The molecule has 0 bridgehead atoms. The number of piperidine rings is 1. The number of nitrogens with zero attached hydrogens (tertiary/aromatic N) is 1. The molecule has 1 aliphatic heterocycles. The highest BCUT2D eigenvalue weighted by Gasteiger charge is 2.17. The van der Waals surface area contributed by atoms with Crippen LogP contribution in [-0.2, 0) is 4.79 Å². The highest BCUT2D eigenvalue weighted by Crippen LogP contribution is 2.26. The lowest BCUT2D eigenvalue weighted by atomic mass is 10.1. The molecule has 0 atom stereocenters. The van der Waals surface area contributed by atoms with Gasteiger partial charge < -0.3 is 14.7 Å². The summed E-state index contributed by atoms with van der Waals surface area (Å²) < 4.78 is 5.99. The molecule has 1 aromatic carbocycles. The van der Waals surface area contributed by atoms with Crippen LogP contribution in [-0.4, -0.2) is 41.6 Å². The first-order chi connectivity index (χ1) is 9.58. The zero-order valence-corrected chi connectivity index (χ0v) is 12.6. The highest BCUT2D eigenvalue weighted by atomic mass is 79.9. The van der Waals surface area contributed by atoms with E-state index in [1.165, 1.54) is 18.6 Å². The molecule has 1 N–H and O–H groups in total. The molecule has 2 rings (SSSR count). The second-order valence-electron chi connectivity index (χ2n) is 4.68. The van der Waals surface area contributed by atoms with Crippen molar-refractivity contribution >= 4 is 27.8 Å². The van der Waals surface area contributed by atoms with Gasteiger partial charge in [0.1, 0.15) is 5.75 Å². The maximum absolute atomic E-state index is 11.9. The number of amides is 1. The minimum Gasteiger partial charge on any atom is -0.483 e. The molecule has 20 heavy (non-hydrogen) atoms. The number of aromatic carboxylic acids is 1. The van der Waals surface area contributed by atoms with Crippen molar-refractivity contribution in [3.05, 3.63) is 28.2 Å². The van der Waals surface area contributed by atoms with Crippen LogP contribution < -0.4 is 4.74 Å². The highest BCUT2D eigenvalue weighted by molar-refractivity contribution is 9.10. The Bertz CT molecular complexity index is 512. The molecule has 1 fully saturated rings. The fraction of sp³-hybridized carbons (Fsp3) is 0.429. The summed E-state index contributed by atoms with van der Waals surface area (Å²) in [5.41, 5.74) is 0.173. The van der Waals surface area contributed by atoms with Gasteiger partial charge in [0, 0.05) is 13.1 Å². The van der Waals surface area contributed by atoms with Crippen LogP contribution >= 0.6 is 15.9 Å². The third-order valence-electron chi connectivity index (χ3n) is 3.24. The van der Waals surface area contributed by atoms with Crippen molar-refractivity contribution in [1.29, 1.82) is 0 Å². The summed E-state index contributed by atoms with van der Waals surface area (Å²) in [6.07, 6.45) is 3.26. The van der Waals surface area contributed by atoms with E-state index in [1.54, 1.807) is 6.07 Å². The minimum absolute atomic E-state index is 0.0228. The molecule has 1 saturated heterocycles. The topological polar surface area (TPSA) is 66.8 Å². The molecule has 1 aliphatic rings. The number of benzene rings is 1. The number of ether oxygens (including phenoxy) is 1. The summed E-state index contributed by atoms with van der Waals surface area (Å²) in [7, 11) is 0. The Hall–Kier alpha value is -1.56. The SMILES string of the molecule is O=C(O)c1ccc(OCC(=O)N2CCCCC2)c(Br)c1. The summed E-state index contributed by atoms with van der Waals surface area (Å²) in [4.78, 5) is 24.6. The van der Waals surface area contributed by atoms with Gasteiger partial charge in [0.15, 0.2) is 6.61 Å². The van der Waals surface area contributed by atoms with E-state index < -0.39 is 5.97 Å². The molecule has 0 saturated carbocycles. The van der Waals surface area contributed by atoms with Gasteiger partial charge in [-0.3, -0.25) is 4.79 Å². The number of likely N-dealkylation sites (tertiary alicyclic amines) is 1. The lowest BCUT2D eigenvalue weighted by molar-refractivity contribution is -0.134. The van der Waals surface area contributed by atoms with Gasteiger partial charge in [-0.1, -0.05) is 0 Å². The van der Waals surface area contributed by atoms with Gasteiger partial charge in [-0.15, -0.1) is 0 Å². The predicted molar refractivity (Wildman–Crippen MR) is 77.0 cm³/mol. The van der Waals surface area contributed by atoms with Crippen molar-refractivity contribution in [3.8, 4) is 5.75 Å². The predicted octanol–water partition coefficient (Wildman–Crippen LogP) is 2.54. The van der Waals surface area contributed by atoms with Crippen molar-refractivity contribution in [3.63, 3.8) is 0 Å². The van der Waals surface area contributed by atoms with E-state index in [-0.39, 0.29) is 18.1 Å². The van der Waals surface area contributed by atoms with E-state index in [0.717, 1.165) is 25.9 Å². The smallest absolute Gasteiger partial charge is 0.335 e. The van der Waals surface area contributed by atoms with Gasteiger partial charge in [-0.25, -0.2) is 4.79 Å². The summed E-state index contributed by atoms with van der Waals surface area (Å²) in [6.45, 7) is 1.56. The van der Waals surface area contributed by atoms with Gasteiger partial charge in [0.2, 0.25) is 0 Å². The lowest BCUT2D eigenvalue weighted by Gasteiger charge is -2.26. The van der Waals surface area contributed by atoms with Gasteiger partial charge in [-0.05, 0) is 53.4 Å². The fourth-order valence-electron chi connectivity index (χ4n) is 2.13. The first-order valence-corrected chi connectivity index (χ1v) is 7.30. The Morgan fingerprint density at radius 1 is 1.25 bits per heavy atom. The maximum Gasteiger partial charge on any atom is 0.335 e. The molecule has 0 aromatic heterocycles. The second kappa shape index (κ2) is 6.74. The number of carboxylic acids is 1. The molecule has 0 spiro atoms. The van der Waals surface area contributed by atoms with E-state index in [2.05, 4.69) is 15.9 Å². The van der Waals surface area contributed by atoms with Crippen molar-refractivity contribution in [1.82, 2.24) is 4.90 Å². The van der Waals surface area contributed by atoms with E-state index in [0.29, 0.717) is 10.2 Å². The van der Waals surface area contributed by atoms with Crippen LogP contribution in [0.4, 0.5) is 0 Å². The Balaban J connectivity index is 1.93. The third kappa shape index (κ3) is 3.72. The number of halogens is 1. The molecule has 5 nitrogen and oxygen atoms in total. The quantitative estimate of drug-likeness (QED) is 0.913. The Morgan fingerprint density at radius 3 is 2.55 bits per heavy atom. The average Bonchev–Trinajstić information content (AvgIpc) is 2.46. The van der Waals surface area contributed by atoms with Crippen LogP contribution in [0.5, 0.6) is 5.75 Å². The molecule has 0 unspecified atom stereocenters. The number of carboxylic acid groups (broad SMARTS) is 1.